The number of ether oxygens (including phenoxy) is 2. The van der Waals surface area contributed by atoms with Gasteiger partial charge in [0, 0.05) is 6.54 Å². The average molecular weight is 409 g/mol. The van der Waals surface area contributed by atoms with Gasteiger partial charge in [-0.2, -0.15) is 0 Å². The molecule has 1 aliphatic carbocycles. The van der Waals surface area contributed by atoms with Crippen LogP contribution < -0.4 is 16.2 Å². The van der Waals surface area contributed by atoms with E-state index in [-0.39, 0.29) is 6.54 Å². The van der Waals surface area contributed by atoms with Crippen LogP contribution in [-0.4, -0.2) is 31.8 Å². The van der Waals surface area contributed by atoms with Gasteiger partial charge in [0.05, 0.1) is 13.2 Å². The number of benzene rings is 2. The highest BCUT2D eigenvalue weighted by Gasteiger charge is 2.12. The molecule has 160 valence electrons. The topological polar surface area (TPSA) is 87.6 Å². The molecule has 0 saturated carbocycles. The van der Waals surface area contributed by atoms with E-state index in [9.17, 15) is 4.79 Å². The van der Waals surface area contributed by atoms with Crippen molar-refractivity contribution in [3.8, 4) is 5.75 Å². The minimum Gasteiger partial charge on any atom is -0.494 e. The number of carbonyl (C=O) groups is 1. The molecule has 0 saturated heterocycles. The van der Waals surface area contributed by atoms with E-state index in [0.29, 0.717) is 13.2 Å². The SMILES string of the molecule is NCC(N)C(=O)OCCCCCOc1ccc2c(c1)CCCC(c1ccccc1)=C2. The summed E-state index contributed by atoms with van der Waals surface area (Å²) in [5, 5.41) is 0. The lowest BCUT2D eigenvalue weighted by molar-refractivity contribution is -0.145. The summed E-state index contributed by atoms with van der Waals surface area (Å²) in [4.78, 5) is 11.4. The Hall–Kier alpha value is -2.63. The van der Waals surface area contributed by atoms with Crippen molar-refractivity contribution in [2.45, 2.75) is 44.6 Å². The maximum Gasteiger partial charge on any atom is 0.324 e. The van der Waals surface area contributed by atoms with Crippen molar-refractivity contribution in [1.29, 1.82) is 0 Å². The second-order valence-electron chi connectivity index (χ2n) is 7.67. The molecule has 0 radical (unpaired) electrons. The Morgan fingerprint density at radius 3 is 2.60 bits per heavy atom. The minimum absolute atomic E-state index is 0.108. The summed E-state index contributed by atoms with van der Waals surface area (Å²) >= 11 is 0. The molecule has 2 aromatic rings. The van der Waals surface area contributed by atoms with Gasteiger partial charge in [0.1, 0.15) is 11.8 Å². The first-order valence-electron chi connectivity index (χ1n) is 10.8. The van der Waals surface area contributed by atoms with E-state index < -0.39 is 12.0 Å². The summed E-state index contributed by atoms with van der Waals surface area (Å²) in [5.41, 5.74) is 16.2. The summed E-state index contributed by atoms with van der Waals surface area (Å²) < 4.78 is 11.0. The highest BCUT2D eigenvalue weighted by atomic mass is 16.5. The molecule has 0 fully saturated rings. The van der Waals surface area contributed by atoms with E-state index in [1.807, 2.05) is 0 Å². The van der Waals surface area contributed by atoms with Gasteiger partial charge < -0.3 is 20.9 Å². The van der Waals surface area contributed by atoms with Crippen molar-refractivity contribution < 1.29 is 14.3 Å². The molecule has 30 heavy (non-hydrogen) atoms. The fourth-order valence-corrected chi connectivity index (χ4v) is 3.59. The second-order valence-corrected chi connectivity index (χ2v) is 7.67. The molecule has 0 aromatic heterocycles. The van der Waals surface area contributed by atoms with E-state index >= 15 is 0 Å². The van der Waals surface area contributed by atoms with Gasteiger partial charge in [-0.05, 0) is 72.9 Å². The van der Waals surface area contributed by atoms with Crippen LogP contribution in [0, 0.1) is 0 Å². The number of hydrogen-bond donors (Lipinski definition) is 2. The molecule has 0 spiro atoms. The van der Waals surface area contributed by atoms with Gasteiger partial charge in [-0.1, -0.05) is 42.5 Å². The summed E-state index contributed by atoms with van der Waals surface area (Å²) in [5.74, 6) is 0.494. The number of aryl methyl sites for hydroxylation is 1. The lowest BCUT2D eigenvalue weighted by Crippen LogP contribution is -2.39. The van der Waals surface area contributed by atoms with E-state index in [1.54, 1.807) is 0 Å². The zero-order valence-electron chi connectivity index (χ0n) is 17.5. The highest BCUT2D eigenvalue weighted by molar-refractivity contribution is 5.83. The Morgan fingerprint density at radius 2 is 1.80 bits per heavy atom. The van der Waals surface area contributed by atoms with Crippen LogP contribution in [0.25, 0.3) is 11.6 Å². The fourth-order valence-electron chi connectivity index (χ4n) is 3.59. The summed E-state index contributed by atoms with van der Waals surface area (Å²) in [6.45, 7) is 1.14. The maximum absolute atomic E-state index is 11.4. The van der Waals surface area contributed by atoms with Crippen molar-refractivity contribution >= 4 is 17.6 Å². The van der Waals surface area contributed by atoms with Gasteiger partial charge in [-0.15, -0.1) is 0 Å². The molecule has 3 rings (SSSR count). The third-order valence-corrected chi connectivity index (χ3v) is 5.34. The number of esters is 1. The third-order valence-electron chi connectivity index (χ3n) is 5.34. The Morgan fingerprint density at radius 1 is 1.00 bits per heavy atom. The molecule has 1 unspecified atom stereocenters. The Balaban J connectivity index is 1.44. The van der Waals surface area contributed by atoms with Gasteiger partial charge in [0.25, 0.3) is 0 Å². The number of hydrogen-bond acceptors (Lipinski definition) is 5. The number of fused-ring (bicyclic) bond motifs is 1. The van der Waals surface area contributed by atoms with E-state index in [2.05, 4.69) is 54.6 Å². The van der Waals surface area contributed by atoms with Crippen molar-refractivity contribution in [2.24, 2.45) is 11.5 Å². The molecule has 4 N–H and O–H groups in total. The molecule has 0 heterocycles. The van der Waals surface area contributed by atoms with Gasteiger partial charge in [0.2, 0.25) is 0 Å². The van der Waals surface area contributed by atoms with Crippen LogP contribution in [0.1, 0.15) is 48.8 Å². The number of rotatable bonds is 10. The normalized spacial score (nSPS) is 14.3. The van der Waals surface area contributed by atoms with E-state index in [0.717, 1.165) is 44.3 Å². The van der Waals surface area contributed by atoms with Crippen LogP contribution in [0.5, 0.6) is 5.75 Å². The lowest BCUT2D eigenvalue weighted by Gasteiger charge is -2.11. The molecule has 1 atom stereocenters. The van der Waals surface area contributed by atoms with Crippen molar-refractivity contribution in [3.63, 3.8) is 0 Å². The maximum atomic E-state index is 11.4. The molecule has 2 aromatic carbocycles. The quantitative estimate of drug-likeness (QED) is 0.459. The predicted molar refractivity (Wildman–Crippen MR) is 121 cm³/mol. The molecule has 5 heteroatoms. The zero-order valence-corrected chi connectivity index (χ0v) is 17.5. The summed E-state index contributed by atoms with van der Waals surface area (Å²) in [6.07, 6.45) is 8.26. The van der Waals surface area contributed by atoms with Gasteiger partial charge in [0.15, 0.2) is 0 Å². The van der Waals surface area contributed by atoms with Crippen LogP contribution >= 0.6 is 0 Å². The molecular formula is C25H32N2O3. The Bertz CT molecular complexity index is 849. The molecule has 1 aliphatic rings. The fraction of sp³-hybridized carbons (Fsp3) is 0.400. The average Bonchev–Trinajstić information content (AvgIpc) is 3.00. The van der Waals surface area contributed by atoms with Gasteiger partial charge in [-0.25, -0.2) is 0 Å². The molecule has 0 bridgehead atoms. The largest absolute Gasteiger partial charge is 0.494 e. The van der Waals surface area contributed by atoms with Crippen LogP contribution in [0.15, 0.2) is 48.5 Å². The lowest BCUT2D eigenvalue weighted by atomic mass is 10.0. The monoisotopic (exact) mass is 408 g/mol. The molecule has 0 aliphatic heterocycles. The third kappa shape index (κ3) is 6.44. The van der Waals surface area contributed by atoms with Crippen molar-refractivity contribution in [3.05, 3.63) is 65.2 Å². The highest BCUT2D eigenvalue weighted by Crippen LogP contribution is 2.31. The molecule has 0 amide bonds. The smallest absolute Gasteiger partial charge is 0.324 e. The predicted octanol–water partition coefficient (Wildman–Crippen LogP) is 3.94. The molecule has 5 nitrogen and oxygen atoms in total. The number of carbonyl (C=O) groups excluding carboxylic acids is 1. The number of allylic oxidation sites excluding steroid dienone is 1. The Labute approximate surface area is 179 Å². The standard InChI is InChI=1S/C25H32N2O3/c26-18-24(27)25(28)30-15-6-2-5-14-29-23-13-12-22-16-20(10-7-11-21(22)17-23)19-8-3-1-4-9-19/h1,3-4,8-9,12-13,16-17,24H,2,5-7,10-11,14-15,18,26-27H2. The number of unbranched alkanes of at least 4 members (excludes halogenated alkanes) is 2. The van der Waals surface area contributed by atoms with Crippen LogP contribution in [0.3, 0.4) is 0 Å². The summed E-state index contributed by atoms with van der Waals surface area (Å²) in [6, 6.07) is 16.3. The van der Waals surface area contributed by atoms with Gasteiger partial charge >= 0.3 is 5.97 Å². The van der Waals surface area contributed by atoms with Gasteiger partial charge in [-0.3, -0.25) is 4.79 Å². The van der Waals surface area contributed by atoms with Crippen LogP contribution in [0.4, 0.5) is 0 Å². The zero-order chi connectivity index (χ0) is 21.2. The Kier molecular flexibility index (Phi) is 8.48. The number of nitrogens with two attached hydrogens (primary N) is 2. The van der Waals surface area contributed by atoms with E-state index in [4.69, 9.17) is 20.9 Å². The first-order chi connectivity index (χ1) is 14.7. The minimum atomic E-state index is -0.722. The first kappa shape index (κ1) is 22.1. The summed E-state index contributed by atoms with van der Waals surface area (Å²) in [7, 11) is 0. The van der Waals surface area contributed by atoms with E-state index in [1.165, 1.54) is 22.3 Å². The second kappa shape index (κ2) is 11.5. The first-order valence-corrected chi connectivity index (χ1v) is 10.8. The van der Waals surface area contributed by atoms with Crippen LogP contribution in [-0.2, 0) is 16.0 Å². The van der Waals surface area contributed by atoms with Crippen molar-refractivity contribution in [1.82, 2.24) is 0 Å². The van der Waals surface area contributed by atoms with Crippen LogP contribution in [0.2, 0.25) is 0 Å². The molecular weight excluding hydrogens is 376 g/mol. The van der Waals surface area contributed by atoms with Crippen molar-refractivity contribution in [2.75, 3.05) is 19.8 Å².